The van der Waals surface area contributed by atoms with Crippen molar-refractivity contribution in [2.75, 3.05) is 0 Å². The number of carbonyl (C=O) groups is 1. The minimum Gasteiger partial charge on any atom is -0.366 e. The molecule has 0 fully saturated rings. The maximum absolute atomic E-state index is 11.3. The minimum atomic E-state index is -0.380. The maximum Gasteiger partial charge on any atom is 0.248 e. The third-order valence-electron chi connectivity index (χ3n) is 4.70. The predicted octanol–water partition coefficient (Wildman–Crippen LogP) is 3.52. The van der Waals surface area contributed by atoms with E-state index in [2.05, 4.69) is 30.4 Å². The number of benzene rings is 2. The average Bonchev–Trinajstić information content (AvgIpc) is 2.59. The molecule has 23 heavy (non-hydrogen) atoms. The van der Waals surface area contributed by atoms with Crippen LogP contribution < -0.4 is 11.1 Å². The van der Waals surface area contributed by atoms with E-state index in [1.54, 1.807) is 6.07 Å². The highest BCUT2D eigenvalue weighted by Crippen LogP contribution is 2.25. The number of aryl methyl sites for hydroxylation is 2. The number of nitrogens with one attached hydrogen (secondary N) is 1. The molecule has 3 N–H and O–H groups in total. The fraction of sp³-hybridized carbons (Fsp3) is 0.350. The van der Waals surface area contributed by atoms with Crippen LogP contribution in [-0.2, 0) is 19.4 Å². The van der Waals surface area contributed by atoms with Gasteiger partial charge in [0, 0.05) is 18.2 Å². The van der Waals surface area contributed by atoms with E-state index in [9.17, 15) is 4.79 Å². The lowest BCUT2D eigenvalue weighted by Crippen LogP contribution is -2.19. The van der Waals surface area contributed by atoms with Crippen LogP contribution >= 0.6 is 0 Å². The van der Waals surface area contributed by atoms with Crippen molar-refractivity contribution in [1.82, 2.24) is 5.32 Å². The molecular weight excluding hydrogens is 284 g/mol. The molecule has 1 unspecified atom stereocenters. The summed E-state index contributed by atoms with van der Waals surface area (Å²) in [7, 11) is 0. The van der Waals surface area contributed by atoms with Gasteiger partial charge in [-0.3, -0.25) is 4.79 Å². The molecule has 0 radical (unpaired) electrons. The van der Waals surface area contributed by atoms with E-state index < -0.39 is 0 Å². The molecule has 1 atom stereocenters. The van der Waals surface area contributed by atoms with Crippen molar-refractivity contribution in [3.63, 3.8) is 0 Å². The van der Waals surface area contributed by atoms with E-state index in [4.69, 9.17) is 5.73 Å². The van der Waals surface area contributed by atoms with Crippen LogP contribution in [0.25, 0.3) is 0 Å². The Labute approximate surface area is 137 Å². The normalized spacial score (nSPS) is 15.0. The Hall–Kier alpha value is -2.13. The van der Waals surface area contributed by atoms with Crippen molar-refractivity contribution in [3.8, 4) is 0 Å². The van der Waals surface area contributed by atoms with Gasteiger partial charge in [0.1, 0.15) is 0 Å². The van der Waals surface area contributed by atoms with Gasteiger partial charge in [0.15, 0.2) is 0 Å². The summed E-state index contributed by atoms with van der Waals surface area (Å²) < 4.78 is 0. The van der Waals surface area contributed by atoms with E-state index in [1.807, 2.05) is 18.2 Å². The van der Waals surface area contributed by atoms with Crippen LogP contribution in [0.5, 0.6) is 0 Å². The molecular formula is C20H24N2O. The van der Waals surface area contributed by atoms with E-state index in [-0.39, 0.29) is 11.9 Å². The second-order valence-corrected chi connectivity index (χ2v) is 6.40. The number of nitrogens with two attached hydrogens (primary N) is 1. The van der Waals surface area contributed by atoms with Crippen LogP contribution in [-0.4, -0.2) is 5.91 Å². The highest BCUT2D eigenvalue weighted by Gasteiger charge is 2.12. The number of hydrogen-bond donors (Lipinski definition) is 2. The second kappa shape index (κ2) is 6.97. The van der Waals surface area contributed by atoms with Crippen molar-refractivity contribution in [1.29, 1.82) is 0 Å². The Kier molecular flexibility index (Phi) is 4.77. The van der Waals surface area contributed by atoms with Gasteiger partial charge in [-0.05, 0) is 67.0 Å². The first-order valence-electron chi connectivity index (χ1n) is 8.37. The molecule has 3 rings (SSSR count). The Morgan fingerprint density at radius 3 is 2.70 bits per heavy atom. The van der Waals surface area contributed by atoms with Crippen LogP contribution in [0.2, 0.25) is 0 Å². The number of hydrogen-bond acceptors (Lipinski definition) is 2. The van der Waals surface area contributed by atoms with Crippen molar-refractivity contribution < 1.29 is 4.79 Å². The molecule has 0 heterocycles. The molecule has 120 valence electrons. The molecule has 2 aromatic rings. The molecule has 0 aliphatic heterocycles. The van der Waals surface area contributed by atoms with E-state index in [0.717, 1.165) is 12.1 Å². The van der Waals surface area contributed by atoms with E-state index in [0.29, 0.717) is 5.56 Å². The molecule has 0 saturated carbocycles. The molecule has 1 amide bonds. The van der Waals surface area contributed by atoms with Crippen LogP contribution in [0, 0.1) is 0 Å². The molecule has 2 aromatic carbocycles. The summed E-state index contributed by atoms with van der Waals surface area (Å²) in [5.74, 6) is -0.380. The highest BCUT2D eigenvalue weighted by molar-refractivity contribution is 5.92. The van der Waals surface area contributed by atoms with Gasteiger partial charge in [-0.25, -0.2) is 0 Å². The Morgan fingerprint density at radius 1 is 1.13 bits per heavy atom. The molecule has 0 aromatic heterocycles. The summed E-state index contributed by atoms with van der Waals surface area (Å²) in [5, 5.41) is 3.54. The molecule has 3 nitrogen and oxygen atoms in total. The van der Waals surface area contributed by atoms with Gasteiger partial charge in [-0.1, -0.05) is 30.3 Å². The summed E-state index contributed by atoms with van der Waals surface area (Å²) in [4.78, 5) is 11.3. The summed E-state index contributed by atoms with van der Waals surface area (Å²) in [5.41, 5.74) is 11.3. The van der Waals surface area contributed by atoms with Crippen LogP contribution in [0.4, 0.5) is 0 Å². The molecule has 1 aliphatic rings. The summed E-state index contributed by atoms with van der Waals surface area (Å²) in [6.07, 6.45) is 5.04. The predicted molar refractivity (Wildman–Crippen MR) is 93.3 cm³/mol. The number of amides is 1. The van der Waals surface area contributed by atoms with Gasteiger partial charge in [0.05, 0.1) is 0 Å². The highest BCUT2D eigenvalue weighted by atomic mass is 16.1. The zero-order valence-corrected chi connectivity index (χ0v) is 13.6. The fourth-order valence-corrected chi connectivity index (χ4v) is 3.25. The average molecular weight is 308 g/mol. The van der Waals surface area contributed by atoms with E-state index >= 15 is 0 Å². The first kappa shape index (κ1) is 15.8. The Bertz CT molecular complexity index is 709. The Balaban J connectivity index is 1.66. The third-order valence-corrected chi connectivity index (χ3v) is 4.70. The quantitative estimate of drug-likeness (QED) is 0.888. The van der Waals surface area contributed by atoms with Gasteiger partial charge in [0.25, 0.3) is 0 Å². The number of fused-ring (bicyclic) bond motifs is 1. The molecule has 0 spiro atoms. The summed E-state index contributed by atoms with van der Waals surface area (Å²) >= 11 is 0. The van der Waals surface area contributed by atoms with Crippen LogP contribution in [0.3, 0.4) is 0 Å². The lowest BCUT2D eigenvalue weighted by Gasteiger charge is -2.20. The fourth-order valence-electron chi connectivity index (χ4n) is 3.25. The van der Waals surface area contributed by atoms with Gasteiger partial charge < -0.3 is 11.1 Å². The monoisotopic (exact) mass is 308 g/mol. The van der Waals surface area contributed by atoms with Crippen molar-refractivity contribution in [2.45, 2.75) is 45.2 Å². The lowest BCUT2D eigenvalue weighted by atomic mass is 9.89. The zero-order chi connectivity index (χ0) is 16.2. The van der Waals surface area contributed by atoms with Gasteiger partial charge in [-0.2, -0.15) is 0 Å². The zero-order valence-electron chi connectivity index (χ0n) is 13.6. The molecule has 0 saturated heterocycles. The Morgan fingerprint density at radius 2 is 1.91 bits per heavy atom. The number of carbonyl (C=O) groups excluding carboxylic acids is 1. The van der Waals surface area contributed by atoms with Crippen LogP contribution in [0.15, 0.2) is 42.5 Å². The number of rotatable bonds is 5. The van der Waals surface area contributed by atoms with Crippen molar-refractivity contribution in [3.05, 3.63) is 70.3 Å². The van der Waals surface area contributed by atoms with Gasteiger partial charge in [0.2, 0.25) is 5.91 Å². The van der Waals surface area contributed by atoms with Crippen LogP contribution in [0.1, 0.15) is 58.4 Å². The standard InChI is InChI=1S/C20H24N2O/c1-14(17-10-9-16-6-2-3-7-18(16)12-17)22-13-15-5-4-8-19(11-15)20(21)23/h4-5,8-12,14,22H,2-3,6-7,13H2,1H3,(H2,21,23). The molecule has 0 bridgehead atoms. The lowest BCUT2D eigenvalue weighted by molar-refractivity contribution is 0.1000. The first-order chi connectivity index (χ1) is 11.1. The number of primary amides is 1. The smallest absolute Gasteiger partial charge is 0.248 e. The third kappa shape index (κ3) is 3.80. The minimum absolute atomic E-state index is 0.277. The van der Waals surface area contributed by atoms with Crippen molar-refractivity contribution >= 4 is 5.91 Å². The van der Waals surface area contributed by atoms with Gasteiger partial charge in [-0.15, -0.1) is 0 Å². The summed E-state index contributed by atoms with van der Waals surface area (Å²) in [6.45, 7) is 2.90. The first-order valence-corrected chi connectivity index (χ1v) is 8.37. The summed E-state index contributed by atoms with van der Waals surface area (Å²) in [6, 6.07) is 14.6. The van der Waals surface area contributed by atoms with E-state index in [1.165, 1.54) is 42.4 Å². The largest absolute Gasteiger partial charge is 0.366 e. The molecule has 3 heteroatoms. The SMILES string of the molecule is CC(NCc1cccc(C(N)=O)c1)c1ccc2c(c1)CCCC2. The molecule has 1 aliphatic carbocycles. The maximum atomic E-state index is 11.3. The van der Waals surface area contributed by atoms with Gasteiger partial charge >= 0.3 is 0 Å². The second-order valence-electron chi connectivity index (χ2n) is 6.40. The van der Waals surface area contributed by atoms with Crippen molar-refractivity contribution in [2.24, 2.45) is 5.73 Å². The topological polar surface area (TPSA) is 55.1 Å².